The van der Waals surface area contributed by atoms with Crippen LogP contribution in [0, 0.1) is 11.7 Å². The first-order valence-electron chi connectivity index (χ1n) is 8.46. The van der Waals surface area contributed by atoms with Crippen LogP contribution in [0.4, 0.5) is 4.39 Å². The summed E-state index contributed by atoms with van der Waals surface area (Å²) < 4.78 is 18.5. The van der Waals surface area contributed by atoms with Crippen LogP contribution in [0.5, 0.6) is 5.75 Å². The average Bonchev–Trinajstić information content (AvgIpc) is 3.07. The van der Waals surface area contributed by atoms with Gasteiger partial charge in [-0.2, -0.15) is 0 Å². The third-order valence-corrected chi connectivity index (χ3v) is 4.76. The number of carbonyl (C=O) groups excluding carboxylic acids is 1. The van der Waals surface area contributed by atoms with Crippen molar-refractivity contribution in [3.8, 4) is 5.75 Å². The molecule has 25 heavy (non-hydrogen) atoms. The highest BCUT2D eigenvalue weighted by molar-refractivity contribution is 5.80. The predicted molar refractivity (Wildman–Crippen MR) is 92.7 cm³/mol. The van der Waals surface area contributed by atoms with Crippen LogP contribution in [0.2, 0.25) is 0 Å². The summed E-state index contributed by atoms with van der Waals surface area (Å²) >= 11 is 0. The molecule has 0 saturated heterocycles. The minimum atomic E-state index is -0.593. The van der Waals surface area contributed by atoms with Gasteiger partial charge in [0.25, 0.3) is 0 Å². The number of halogens is 1. The second kappa shape index (κ2) is 7.66. The smallest absolute Gasteiger partial charge is 0.226 e. The molecule has 2 N–H and O–H groups in total. The normalized spacial score (nSPS) is 20.9. The van der Waals surface area contributed by atoms with Gasteiger partial charge in [-0.05, 0) is 54.7 Å². The molecule has 0 aliphatic heterocycles. The number of carbonyl (C=O) groups is 1. The van der Waals surface area contributed by atoms with Crippen molar-refractivity contribution in [2.75, 3.05) is 7.11 Å². The Hall–Kier alpha value is -2.40. The molecule has 4 nitrogen and oxygen atoms in total. The Morgan fingerprint density at radius 1 is 1.12 bits per heavy atom. The van der Waals surface area contributed by atoms with Gasteiger partial charge in [-0.1, -0.05) is 24.3 Å². The van der Waals surface area contributed by atoms with Crippen LogP contribution in [0.15, 0.2) is 48.5 Å². The molecule has 132 valence electrons. The molecule has 0 radical (unpaired) electrons. The van der Waals surface area contributed by atoms with Crippen LogP contribution < -0.4 is 10.1 Å². The van der Waals surface area contributed by atoms with Crippen LogP contribution in [0.1, 0.15) is 36.4 Å². The minimum absolute atomic E-state index is 0.171. The Bertz CT molecular complexity index is 715. The Morgan fingerprint density at radius 2 is 1.72 bits per heavy atom. The maximum atomic E-state index is 13.3. The Balaban J connectivity index is 1.88. The van der Waals surface area contributed by atoms with Crippen molar-refractivity contribution in [3.05, 3.63) is 65.5 Å². The van der Waals surface area contributed by atoms with Gasteiger partial charge in [0.15, 0.2) is 0 Å². The second-order valence-electron chi connectivity index (χ2n) is 6.37. The third-order valence-electron chi connectivity index (χ3n) is 4.76. The van der Waals surface area contributed by atoms with Crippen LogP contribution in [-0.2, 0) is 4.79 Å². The van der Waals surface area contributed by atoms with Gasteiger partial charge in [0.1, 0.15) is 11.6 Å². The molecule has 0 bridgehead atoms. The number of rotatable bonds is 5. The summed E-state index contributed by atoms with van der Waals surface area (Å²) in [4.78, 5) is 12.6. The zero-order valence-electron chi connectivity index (χ0n) is 14.1. The summed E-state index contributed by atoms with van der Waals surface area (Å²) in [6.07, 6.45) is 1.60. The lowest BCUT2D eigenvalue weighted by atomic mass is 9.96. The predicted octanol–water partition coefficient (Wildman–Crippen LogP) is 3.20. The van der Waals surface area contributed by atoms with E-state index in [1.54, 1.807) is 19.2 Å². The van der Waals surface area contributed by atoms with E-state index in [2.05, 4.69) is 5.32 Å². The summed E-state index contributed by atoms with van der Waals surface area (Å²) in [5.74, 6) is -0.162. The number of methoxy groups -OCH3 is 1. The fourth-order valence-corrected chi connectivity index (χ4v) is 3.31. The number of ether oxygens (including phenoxy) is 1. The zero-order chi connectivity index (χ0) is 17.8. The molecule has 3 atom stereocenters. The van der Waals surface area contributed by atoms with Gasteiger partial charge in [-0.25, -0.2) is 4.39 Å². The van der Waals surface area contributed by atoms with Gasteiger partial charge >= 0.3 is 0 Å². The standard InChI is InChI=1S/C20H22FNO3/c1-25-16-11-7-14(8-12-16)19(13-5-9-15(21)10-6-13)22-20(24)17-3-2-4-18(17)23/h5-12,17-19,23H,2-4H2,1H3,(H,22,24). The fourth-order valence-electron chi connectivity index (χ4n) is 3.31. The van der Waals surface area contributed by atoms with Crippen LogP contribution in [0.3, 0.4) is 0 Å². The lowest BCUT2D eigenvalue weighted by molar-refractivity contribution is -0.128. The molecule has 2 aromatic rings. The molecule has 1 aliphatic carbocycles. The fraction of sp³-hybridized carbons (Fsp3) is 0.350. The number of benzene rings is 2. The lowest BCUT2D eigenvalue weighted by Crippen LogP contribution is -2.37. The molecule has 5 heteroatoms. The molecule has 2 aromatic carbocycles. The van der Waals surface area contributed by atoms with E-state index in [-0.39, 0.29) is 17.6 Å². The topological polar surface area (TPSA) is 58.6 Å². The maximum Gasteiger partial charge on any atom is 0.226 e. The van der Waals surface area contributed by atoms with Crippen molar-refractivity contribution in [2.45, 2.75) is 31.4 Å². The van der Waals surface area contributed by atoms with Gasteiger partial charge in [0.2, 0.25) is 5.91 Å². The molecular formula is C20H22FNO3. The first-order valence-corrected chi connectivity index (χ1v) is 8.46. The van der Waals surface area contributed by atoms with E-state index < -0.39 is 12.1 Å². The minimum Gasteiger partial charge on any atom is -0.497 e. The number of aliphatic hydroxyl groups excluding tert-OH is 1. The molecule has 0 aromatic heterocycles. The molecule has 1 fully saturated rings. The van der Waals surface area contributed by atoms with Crippen molar-refractivity contribution in [1.82, 2.24) is 5.32 Å². The summed E-state index contributed by atoms with van der Waals surface area (Å²) in [6.45, 7) is 0. The van der Waals surface area contributed by atoms with Crippen molar-refractivity contribution < 1.29 is 19.0 Å². The Labute approximate surface area is 146 Å². The molecule has 1 saturated carbocycles. The van der Waals surface area contributed by atoms with Crippen LogP contribution >= 0.6 is 0 Å². The van der Waals surface area contributed by atoms with Crippen LogP contribution in [0.25, 0.3) is 0 Å². The van der Waals surface area contributed by atoms with Gasteiger partial charge in [0, 0.05) is 0 Å². The van der Waals surface area contributed by atoms with E-state index in [9.17, 15) is 14.3 Å². The summed E-state index contributed by atoms with van der Waals surface area (Å²) in [5, 5.41) is 13.0. The first-order chi connectivity index (χ1) is 12.1. The molecule has 0 spiro atoms. The summed E-state index contributed by atoms with van der Waals surface area (Å²) in [6, 6.07) is 13.1. The maximum absolute atomic E-state index is 13.3. The molecule has 1 aliphatic rings. The van der Waals surface area contributed by atoms with Gasteiger partial charge in [0.05, 0.1) is 25.2 Å². The van der Waals surface area contributed by atoms with E-state index in [1.807, 2.05) is 24.3 Å². The highest BCUT2D eigenvalue weighted by atomic mass is 19.1. The quantitative estimate of drug-likeness (QED) is 0.876. The third kappa shape index (κ3) is 3.99. The van der Waals surface area contributed by atoms with Crippen molar-refractivity contribution in [2.24, 2.45) is 5.92 Å². The molecule has 3 unspecified atom stereocenters. The lowest BCUT2D eigenvalue weighted by Gasteiger charge is -2.23. The molecule has 3 rings (SSSR count). The van der Waals surface area contributed by atoms with E-state index >= 15 is 0 Å². The van der Waals surface area contributed by atoms with E-state index in [1.165, 1.54) is 12.1 Å². The Kier molecular flexibility index (Phi) is 5.34. The van der Waals surface area contributed by atoms with E-state index in [4.69, 9.17) is 4.74 Å². The zero-order valence-corrected chi connectivity index (χ0v) is 14.1. The highest BCUT2D eigenvalue weighted by Crippen LogP contribution is 2.29. The molecule has 1 amide bonds. The molecule has 0 heterocycles. The number of nitrogens with one attached hydrogen (secondary N) is 1. The number of hydrogen-bond donors (Lipinski definition) is 2. The van der Waals surface area contributed by atoms with Crippen LogP contribution in [-0.4, -0.2) is 24.2 Å². The van der Waals surface area contributed by atoms with E-state index in [0.29, 0.717) is 12.8 Å². The van der Waals surface area contributed by atoms with Gasteiger partial charge in [-0.15, -0.1) is 0 Å². The largest absolute Gasteiger partial charge is 0.497 e. The number of hydrogen-bond acceptors (Lipinski definition) is 3. The SMILES string of the molecule is COc1ccc(C(NC(=O)C2CCCC2O)c2ccc(F)cc2)cc1. The summed E-state index contributed by atoms with van der Waals surface area (Å²) in [5.41, 5.74) is 1.65. The van der Waals surface area contributed by atoms with E-state index in [0.717, 1.165) is 23.3 Å². The monoisotopic (exact) mass is 343 g/mol. The van der Waals surface area contributed by atoms with Crippen molar-refractivity contribution in [3.63, 3.8) is 0 Å². The van der Waals surface area contributed by atoms with Gasteiger partial charge in [-0.3, -0.25) is 4.79 Å². The highest BCUT2D eigenvalue weighted by Gasteiger charge is 2.33. The average molecular weight is 343 g/mol. The van der Waals surface area contributed by atoms with Crippen molar-refractivity contribution >= 4 is 5.91 Å². The first kappa shape index (κ1) is 17.4. The number of amides is 1. The summed E-state index contributed by atoms with van der Waals surface area (Å²) in [7, 11) is 1.59. The Morgan fingerprint density at radius 3 is 2.24 bits per heavy atom. The second-order valence-corrected chi connectivity index (χ2v) is 6.37. The molecular weight excluding hydrogens is 321 g/mol. The number of aliphatic hydroxyl groups is 1. The van der Waals surface area contributed by atoms with Crippen molar-refractivity contribution in [1.29, 1.82) is 0 Å². The van der Waals surface area contributed by atoms with Gasteiger partial charge < -0.3 is 15.2 Å².